The van der Waals surface area contributed by atoms with E-state index in [1.807, 2.05) is 19.9 Å². The zero-order valence-corrected chi connectivity index (χ0v) is 13.1. The third-order valence-electron chi connectivity index (χ3n) is 2.55. The van der Waals surface area contributed by atoms with Crippen molar-refractivity contribution in [3.63, 3.8) is 0 Å². The maximum absolute atomic E-state index is 3.31. The molecule has 1 aromatic rings. The van der Waals surface area contributed by atoms with Crippen LogP contribution >= 0.6 is 11.8 Å². The first-order valence-electron chi connectivity index (χ1n) is 6.77. The van der Waals surface area contributed by atoms with Crippen molar-refractivity contribution in [2.45, 2.75) is 39.0 Å². The Morgan fingerprint density at radius 1 is 1.05 bits per heavy atom. The van der Waals surface area contributed by atoms with Crippen LogP contribution < -0.4 is 0 Å². The number of thioether (sulfide) groups is 1. The molecule has 100 valence electrons. The molecule has 0 aromatic heterocycles. The normalized spacial score (nSPS) is 18.1. The van der Waals surface area contributed by atoms with Gasteiger partial charge in [0.1, 0.15) is 0 Å². The van der Waals surface area contributed by atoms with Gasteiger partial charge in [0, 0.05) is 4.90 Å². The lowest BCUT2D eigenvalue weighted by Gasteiger charge is -2.02. The second-order valence-corrected chi connectivity index (χ2v) is 5.33. The molecule has 0 aliphatic heterocycles. The molecule has 0 saturated carbocycles. The quantitative estimate of drug-likeness (QED) is 0.589. The van der Waals surface area contributed by atoms with Crippen LogP contribution in [0.15, 0.2) is 69.7 Å². The van der Waals surface area contributed by atoms with Gasteiger partial charge in [-0.05, 0) is 44.6 Å². The van der Waals surface area contributed by atoms with Crippen molar-refractivity contribution in [1.82, 2.24) is 0 Å². The number of hydrogen-bond acceptors (Lipinski definition) is 1. The minimum absolute atomic E-state index is 1.02. The van der Waals surface area contributed by atoms with Crippen LogP contribution in [0.4, 0.5) is 0 Å². The fraction of sp³-hybridized carbons (Fsp3) is 0.278. The molecule has 0 spiro atoms. The molecule has 0 fully saturated rings. The van der Waals surface area contributed by atoms with Crippen LogP contribution in [0.3, 0.4) is 0 Å². The maximum atomic E-state index is 3.31. The Bertz CT molecular complexity index is 509. The van der Waals surface area contributed by atoms with E-state index < -0.39 is 0 Å². The SMILES string of the molecule is C/C1=C/C=C=C(Sc2ccc(C)cc2)/C=C\C1.CC. The lowest BCUT2D eigenvalue weighted by atomic mass is 10.2. The summed E-state index contributed by atoms with van der Waals surface area (Å²) in [5.41, 5.74) is 5.97. The Labute approximate surface area is 121 Å². The average molecular weight is 270 g/mol. The third-order valence-corrected chi connectivity index (χ3v) is 3.53. The summed E-state index contributed by atoms with van der Waals surface area (Å²) in [6, 6.07) is 8.59. The molecule has 1 aliphatic rings. The fourth-order valence-corrected chi connectivity index (χ4v) is 2.35. The molecule has 0 N–H and O–H groups in total. The third kappa shape index (κ3) is 5.83. The number of rotatable bonds is 2. The zero-order valence-electron chi connectivity index (χ0n) is 12.2. The summed E-state index contributed by atoms with van der Waals surface area (Å²) in [4.78, 5) is 2.43. The summed E-state index contributed by atoms with van der Waals surface area (Å²) in [5.74, 6) is 0. The van der Waals surface area contributed by atoms with Crippen molar-refractivity contribution in [2.24, 2.45) is 0 Å². The summed E-state index contributed by atoms with van der Waals surface area (Å²) in [6.45, 7) is 8.25. The largest absolute Gasteiger partial charge is 0.106 e. The average Bonchev–Trinajstić information content (AvgIpc) is 2.41. The molecule has 0 amide bonds. The van der Waals surface area contributed by atoms with Gasteiger partial charge in [-0.2, -0.15) is 0 Å². The van der Waals surface area contributed by atoms with E-state index in [2.05, 4.69) is 62.1 Å². The summed E-state index contributed by atoms with van der Waals surface area (Å²) < 4.78 is 0. The highest BCUT2D eigenvalue weighted by Gasteiger charge is 1.97. The van der Waals surface area contributed by atoms with E-state index in [4.69, 9.17) is 0 Å². The summed E-state index contributed by atoms with van der Waals surface area (Å²) in [5, 5.41) is 0. The molecular weight excluding hydrogens is 248 g/mol. The highest BCUT2D eigenvalue weighted by Crippen LogP contribution is 2.27. The first kappa shape index (κ1) is 15.6. The van der Waals surface area contributed by atoms with Crippen LogP contribution in [0.2, 0.25) is 0 Å². The molecule has 0 radical (unpaired) electrons. The topological polar surface area (TPSA) is 0 Å². The van der Waals surface area contributed by atoms with Gasteiger partial charge in [-0.1, -0.05) is 61.0 Å². The predicted molar refractivity (Wildman–Crippen MR) is 87.5 cm³/mol. The molecule has 0 nitrogen and oxygen atoms in total. The zero-order chi connectivity index (χ0) is 14.1. The molecular formula is C18H22S. The Kier molecular flexibility index (Phi) is 7.10. The predicted octanol–water partition coefficient (Wildman–Crippen LogP) is 6.06. The number of benzene rings is 1. The van der Waals surface area contributed by atoms with Gasteiger partial charge in [0.15, 0.2) is 0 Å². The van der Waals surface area contributed by atoms with Crippen LogP contribution in [-0.2, 0) is 0 Å². The molecule has 0 heterocycles. The molecule has 1 aromatic carbocycles. The monoisotopic (exact) mass is 270 g/mol. The van der Waals surface area contributed by atoms with E-state index in [1.165, 1.54) is 16.0 Å². The van der Waals surface area contributed by atoms with Crippen molar-refractivity contribution in [2.75, 3.05) is 0 Å². The summed E-state index contributed by atoms with van der Waals surface area (Å²) >= 11 is 1.76. The van der Waals surface area contributed by atoms with E-state index in [0.29, 0.717) is 0 Å². The molecule has 2 rings (SSSR count). The van der Waals surface area contributed by atoms with Crippen molar-refractivity contribution in [1.29, 1.82) is 0 Å². The van der Waals surface area contributed by atoms with Crippen LogP contribution in [0.25, 0.3) is 0 Å². The van der Waals surface area contributed by atoms with Gasteiger partial charge in [0.2, 0.25) is 0 Å². The summed E-state index contributed by atoms with van der Waals surface area (Å²) in [7, 11) is 0. The number of allylic oxidation sites excluding steroid dienone is 4. The van der Waals surface area contributed by atoms with Crippen molar-refractivity contribution in [3.05, 3.63) is 70.3 Å². The van der Waals surface area contributed by atoms with Gasteiger partial charge in [0.25, 0.3) is 0 Å². The van der Waals surface area contributed by atoms with Gasteiger partial charge in [-0.15, -0.1) is 5.73 Å². The minimum atomic E-state index is 1.02. The van der Waals surface area contributed by atoms with E-state index in [0.717, 1.165) is 11.3 Å². The van der Waals surface area contributed by atoms with Crippen molar-refractivity contribution < 1.29 is 0 Å². The maximum Gasteiger partial charge on any atom is 0.0537 e. The fourth-order valence-electron chi connectivity index (χ4n) is 1.53. The minimum Gasteiger partial charge on any atom is -0.106 e. The Balaban J connectivity index is 0.000000861. The number of hydrogen-bond donors (Lipinski definition) is 0. The first-order chi connectivity index (χ1) is 9.24. The second kappa shape index (κ2) is 8.63. The van der Waals surface area contributed by atoms with Crippen molar-refractivity contribution >= 4 is 11.8 Å². The Hall–Kier alpha value is -1.43. The lowest BCUT2D eigenvalue weighted by molar-refractivity contribution is 1.21. The lowest BCUT2D eigenvalue weighted by Crippen LogP contribution is -1.78. The standard InChI is InChI=1S/C16H16S.C2H6/c1-13-5-3-7-15(8-4-6-13)17-16-11-9-14(2)10-12-16;1-2/h3-5,8-12H,6H2,1-2H3;1-2H3/b8-4-,13-5-;. The van der Waals surface area contributed by atoms with Crippen LogP contribution in [0.5, 0.6) is 0 Å². The first-order valence-corrected chi connectivity index (χ1v) is 7.59. The molecule has 0 bridgehead atoms. The smallest absolute Gasteiger partial charge is 0.0537 e. The molecule has 0 saturated heterocycles. The summed E-state index contributed by atoms with van der Waals surface area (Å²) in [6.07, 6.45) is 9.50. The Morgan fingerprint density at radius 3 is 2.42 bits per heavy atom. The van der Waals surface area contributed by atoms with Crippen LogP contribution in [0, 0.1) is 6.92 Å². The second-order valence-electron chi connectivity index (χ2n) is 4.21. The molecule has 0 atom stereocenters. The highest BCUT2D eigenvalue weighted by molar-refractivity contribution is 8.03. The van der Waals surface area contributed by atoms with E-state index in [1.54, 1.807) is 11.8 Å². The van der Waals surface area contributed by atoms with Gasteiger partial charge in [-0.3, -0.25) is 0 Å². The van der Waals surface area contributed by atoms with Gasteiger partial charge in [0.05, 0.1) is 4.91 Å². The van der Waals surface area contributed by atoms with Gasteiger partial charge >= 0.3 is 0 Å². The number of aryl methyl sites for hydroxylation is 1. The van der Waals surface area contributed by atoms with Crippen LogP contribution in [-0.4, -0.2) is 0 Å². The molecule has 1 heteroatoms. The van der Waals surface area contributed by atoms with E-state index in [-0.39, 0.29) is 0 Å². The molecule has 19 heavy (non-hydrogen) atoms. The van der Waals surface area contributed by atoms with Crippen molar-refractivity contribution in [3.8, 4) is 0 Å². The van der Waals surface area contributed by atoms with E-state index >= 15 is 0 Å². The molecule has 1 aliphatic carbocycles. The molecule has 0 unspecified atom stereocenters. The van der Waals surface area contributed by atoms with Gasteiger partial charge < -0.3 is 0 Å². The van der Waals surface area contributed by atoms with E-state index in [9.17, 15) is 0 Å². The Morgan fingerprint density at radius 2 is 1.74 bits per heavy atom. The van der Waals surface area contributed by atoms with Gasteiger partial charge in [-0.25, -0.2) is 0 Å². The van der Waals surface area contributed by atoms with Crippen LogP contribution in [0.1, 0.15) is 32.8 Å². The highest BCUT2D eigenvalue weighted by atomic mass is 32.2.